The maximum absolute atomic E-state index is 6.15. The summed E-state index contributed by atoms with van der Waals surface area (Å²) in [6.45, 7) is 15.0. The molecule has 0 radical (unpaired) electrons. The van der Waals surface area contributed by atoms with E-state index in [-0.39, 0.29) is 0 Å². The first-order valence-corrected chi connectivity index (χ1v) is 10.4. The molecule has 0 aliphatic heterocycles. The van der Waals surface area contributed by atoms with Crippen LogP contribution in [0.25, 0.3) is 0 Å². The molecule has 0 aromatic heterocycles. The minimum atomic E-state index is -2.55. The van der Waals surface area contributed by atoms with Gasteiger partial charge in [-0.2, -0.15) is 12.6 Å². The molecule has 0 atom stereocenters. The summed E-state index contributed by atoms with van der Waals surface area (Å²) in [6.07, 6.45) is 0.976. The number of thiol groups is 1. The van der Waals surface area contributed by atoms with Gasteiger partial charge >= 0.3 is 8.80 Å². The summed E-state index contributed by atoms with van der Waals surface area (Å²) < 4.78 is 18.5. The van der Waals surface area contributed by atoms with Gasteiger partial charge in [0.15, 0.2) is 0 Å². The SMILES string of the molecule is CC(C)CO[Si](CCCS)(OCC(C)C)OCC(C)C. The Bertz CT molecular complexity index is 204. The molecule has 20 heavy (non-hydrogen) atoms. The van der Waals surface area contributed by atoms with E-state index >= 15 is 0 Å². The van der Waals surface area contributed by atoms with Gasteiger partial charge in [-0.05, 0) is 29.9 Å². The standard InChI is InChI=1S/C15H34O3SSi/c1-13(2)10-16-20(9-7-8-19,17-11-14(3)4)18-12-15(5)6/h13-15,19H,7-12H2,1-6H3. The van der Waals surface area contributed by atoms with Crippen LogP contribution in [0, 0.1) is 17.8 Å². The summed E-state index contributed by atoms with van der Waals surface area (Å²) in [5.74, 6) is 2.31. The fraction of sp³-hybridized carbons (Fsp3) is 1.00. The maximum atomic E-state index is 6.15. The Kier molecular flexibility index (Phi) is 11.3. The van der Waals surface area contributed by atoms with Crippen LogP contribution >= 0.6 is 12.6 Å². The highest BCUT2D eigenvalue weighted by Gasteiger charge is 2.41. The van der Waals surface area contributed by atoms with Crippen LogP contribution in [-0.4, -0.2) is 34.4 Å². The van der Waals surface area contributed by atoms with Gasteiger partial charge in [-0.25, -0.2) is 0 Å². The molecule has 0 bridgehead atoms. The second-order valence-electron chi connectivity index (χ2n) is 6.62. The van der Waals surface area contributed by atoms with E-state index in [1.807, 2.05) is 0 Å². The monoisotopic (exact) mass is 322 g/mol. The van der Waals surface area contributed by atoms with Crippen molar-refractivity contribution in [3.63, 3.8) is 0 Å². The lowest BCUT2D eigenvalue weighted by molar-refractivity contribution is 0.0367. The quantitative estimate of drug-likeness (QED) is 0.430. The molecule has 122 valence electrons. The van der Waals surface area contributed by atoms with E-state index < -0.39 is 8.80 Å². The molecule has 0 aliphatic carbocycles. The van der Waals surface area contributed by atoms with Gasteiger partial charge in [0.2, 0.25) is 0 Å². The first-order chi connectivity index (χ1) is 9.31. The van der Waals surface area contributed by atoms with Crippen LogP contribution in [0.5, 0.6) is 0 Å². The van der Waals surface area contributed by atoms with E-state index in [2.05, 4.69) is 54.2 Å². The average Bonchev–Trinajstić information content (AvgIpc) is 2.36. The molecular formula is C15H34O3SSi. The Labute approximate surface area is 132 Å². The van der Waals surface area contributed by atoms with Gasteiger partial charge in [0.1, 0.15) is 0 Å². The minimum absolute atomic E-state index is 0.489. The first-order valence-electron chi connectivity index (χ1n) is 7.84. The van der Waals surface area contributed by atoms with Crippen molar-refractivity contribution >= 4 is 21.4 Å². The summed E-state index contributed by atoms with van der Waals surface area (Å²) in [4.78, 5) is 0. The largest absolute Gasteiger partial charge is 0.501 e. The molecule has 0 saturated heterocycles. The van der Waals surface area contributed by atoms with Crippen molar-refractivity contribution in [1.29, 1.82) is 0 Å². The van der Waals surface area contributed by atoms with Crippen LogP contribution in [-0.2, 0) is 13.3 Å². The van der Waals surface area contributed by atoms with Crippen LogP contribution in [0.4, 0.5) is 0 Å². The molecule has 0 heterocycles. The third-order valence-electron chi connectivity index (χ3n) is 2.55. The highest BCUT2D eigenvalue weighted by Crippen LogP contribution is 2.21. The van der Waals surface area contributed by atoms with Gasteiger partial charge in [-0.1, -0.05) is 41.5 Å². The van der Waals surface area contributed by atoms with Gasteiger partial charge in [-0.15, -0.1) is 0 Å². The third kappa shape index (κ3) is 10.2. The minimum Gasteiger partial charge on any atom is -0.373 e. The summed E-state index contributed by atoms with van der Waals surface area (Å²) >= 11 is 4.31. The fourth-order valence-electron chi connectivity index (χ4n) is 1.52. The average molecular weight is 323 g/mol. The molecule has 0 rings (SSSR count). The highest BCUT2D eigenvalue weighted by atomic mass is 32.1. The van der Waals surface area contributed by atoms with Crippen molar-refractivity contribution in [3.05, 3.63) is 0 Å². The van der Waals surface area contributed by atoms with Crippen molar-refractivity contribution < 1.29 is 13.3 Å². The lowest BCUT2D eigenvalue weighted by Gasteiger charge is -2.31. The van der Waals surface area contributed by atoms with Crippen molar-refractivity contribution in [2.45, 2.75) is 54.0 Å². The van der Waals surface area contributed by atoms with Crippen LogP contribution in [0.1, 0.15) is 48.0 Å². The second kappa shape index (κ2) is 11.1. The summed E-state index contributed by atoms with van der Waals surface area (Å²) in [7, 11) is -2.55. The van der Waals surface area contributed by atoms with E-state index in [1.54, 1.807) is 0 Å². The normalized spacial score (nSPS) is 12.9. The van der Waals surface area contributed by atoms with E-state index in [1.165, 1.54) is 0 Å². The molecule has 3 nitrogen and oxygen atoms in total. The molecule has 0 aromatic carbocycles. The van der Waals surface area contributed by atoms with Gasteiger partial charge < -0.3 is 13.3 Å². The molecule has 0 unspecified atom stereocenters. The zero-order valence-corrected chi connectivity index (χ0v) is 16.0. The maximum Gasteiger partial charge on any atom is 0.501 e. The van der Waals surface area contributed by atoms with Gasteiger partial charge in [0.25, 0.3) is 0 Å². The van der Waals surface area contributed by atoms with Crippen LogP contribution in [0.3, 0.4) is 0 Å². The molecule has 0 fully saturated rings. The predicted octanol–water partition coefficient (Wildman–Crippen LogP) is 4.26. The predicted molar refractivity (Wildman–Crippen MR) is 91.4 cm³/mol. The van der Waals surface area contributed by atoms with Gasteiger partial charge in [0.05, 0.1) is 0 Å². The Morgan fingerprint density at radius 3 is 1.35 bits per heavy atom. The van der Waals surface area contributed by atoms with E-state index in [4.69, 9.17) is 13.3 Å². The van der Waals surface area contributed by atoms with Crippen molar-refractivity contribution in [1.82, 2.24) is 0 Å². The Hall–Kier alpha value is 0.447. The van der Waals surface area contributed by atoms with Crippen molar-refractivity contribution in [2.75, 3.05) is 25.6 Å². The third-order valence-corrected chi connectivity index (χ3v) is 5.65. The number of rotatable bonds is 12. The zero-order valence-electron chi connectivity index (χ0n) is 14.1. The summed E-state index contributed by atoms with van der Waals surface area (Å²) in [5.41, 5.74) is 0. The lowest BCUT2D eigenvalue weighted by Crippen LogP contribution is -2.48. The number of hydrogen-bond acceptors (Lipinski definition) is 4. The molecule has 5 heteroatoms. The highest BCUT2D eigenvalue weighted by molar-refractivity contribution is 7.80. The Balaban J connectivity index is 4.74. The fourth-order valence-corrected chi connectivity index (χ4v) is 5.03. The van der Waals surface area contributed by atoms with Crippen molar-refractivity contribution in [2.24, 2.45) is 17.8 Å². The second-order valence-corrected chi connectivity index (χ2v) is 9.80. The summed E-state index contributed by atoms with van der Waals surface area (Å²) in [5, 5.41) is 0. The molecule has 0 spiro atoms. The first kappa shape index (κ1) is 20.4. The summed E-state index contributed by atoms with van der Waals surface area (Å²) in [6, 6.07) is 0.864. The number of hydrogen-bond donors (Lipinski definition) is 1. The van der Waals surface area contributed by atoms with Crippen LogP contribution in [0.2, 0.25) is 6.04 Å². The topological polar surface area (TPSA) is 27.7 Å². The van der Waals surface area contributed by atoms with E-state index in [9.17, 15) is 0 Å². The van der Waals surface area contributed by atoms with E-state index in [0.29, 0.717) is 37.6 Å². The van der Waals surface area contributed by atoms with Gasteiger partial charge in [-0.3, -0.25) is 0 Å². The molecule has 0 aromatic rings. The van der Waals surface area contributed by atoms with E-state index in [0.717, 1.165) is 18.2 Å². The molecule has 0 amide bonds. The van der Waals surface area contributed by atoms with Gasteiger partial charge in [0, 0.05) is 25.9 Å². The Morgan fingerprint density at radius 2 is 1.10 bits per heavy atom. The lowest BCUT2D eigenvalue weighted by atomic mass is 10.2. The van der Waals surface area contributed by atoms with Crippen LogP contribution in [0.15, 0.2) is 0 Å². The smallest absolute Gasteiger partial charge is 0.373 e. The molecular weight excluding hydrogens is 288 g/mol. The zero-order chi connectivity index (χ0) is 15.6. The van der Waals surface area contributed by atoms with Crippen LogP contribution < -0.4 is 0 Å². The molecule has 0 N–H and O–H groups in total. The molecule has 0 aliphatic rings. The van der Waals surface area contributed by atoms with Crippen molar-refractivity contribution in [3.8, 4) is 0 Å². The molecule has 0 saturated carbocycles. The Morgan fingerprint density at radius 1 is 0.750 bits per heavy atom.